The van der Waals surface area contributed by atoms with Gasteiger partial charge in [0.15, 0.2) is 12.0 Å². The van der Waals surface area contributed by atoms with Gasteiger partial charge in [0.05, 0.1) is 11.3 Å². The van der Waals surface area contributed by atoms with Crippen LogP contribution in [0.5, 0.6) is 0 Å². The van der Waals surface area contributed by atoms with Crippen LogP contribution >= 0.6 is 11.6 Å². The Balaban J connectivity index is 1.87. The predicted octanol–water partition coefficient (Wildman–Crippen LogP) is 5.00. The van der Waals surface area contributed by atoms with E-state index in [0.717, 1.165) is 6.07 Å². The summed E-state index contributed by atoms with van der Waals surface area (Å²) >= 11 is 6.08. The molecule has 1 aromatic heterocycles. The van der Waals surface area contributed by atoms with Crippen molar-refractivity contribution >= 4 is 17.9 Å². The van der Waals surface area contributed by atoms with Crippen LogP contribution in [0.3, 0.4) is 0 Å². The fourth-order valence-electron chi connectivity index (χ4n) is 5.40. The van der Waals surface area contributed by atoms with Gasteiger partial charge >= 0.3 is 0 Å². The number of alkyl halides is 1. The van der Waals surface area contributed by atoms with E-state index in [1.165, 1.54) is 48.5 Å². The van der Waals surface area contributed by atoms with Crippen LogP contribution in [0.2, 0.25) is 5.02 Å². The van der Waals surface area contributed by atoms with E-state index in [0.29, 0.717) is 22.6 Å². The third-order valence-electron chi connectivity index (χ3n) is 7.76. The Kier molecular flexibility index (Phi) is 8.69. The molecule has 7 nitrogen and oxygen atoms in total. The monoisotopic (exact) mass is 569 g/mol. The zero-order chi connectivity index (χ0) is 29.1. The summed E-state index contributed by atoms with van der Waals surface area (Å²) in [6.45, 7) is 1.79. The fourth-order valence-corrected chi connectivity index (χ4v) is 5.52. The first-order valence-corrected chi connectivity index (χ1v) is 13.2. The number of rotatable bonds is 9. The lowest BCUT2D eigenvalue weighted by molar-refractivity contribution is -0.155. The molecule has 1 unspecified atom stereocenters. The number of hydrogen-bond donors (Lipinski definition) is 2. The van der Waals surface area contributed by atoms with Crippen molar-refractivity contribution in [2.24, 2.45) is 0 Å². The molecule has 1 fully saturated rings. The van der Waals surface area contributed by atoms with Gasteiger partial charge in [0.2, 0.25) is 0 Å². The minimum Gasteiger partial charge on any atom is -0.382 e. The van der Waals surface area contributed by atoms with Crippen molar-refractivity contribution in [2.75, 3.05) is 20.3 Å². The Labute approximate surface area is 236 Å². The number of nitriles is 1. The summed E-state index contributed by atoms with van der Waals surface area (Å²) in [6, 6.07) is 13.4. The zero-order valence-corrected chi connectivity index (χ0v) is 23.0. The lowest BCUT2D eigenvalue weighted by atomic mass is 9.72. The first-order valence-electron chi connectivity index (χ1n) is 12.9. The van der Waals surface area contributed by atoms with Crippen LogP contribution in [0.1, 0.15) is 64.5 Å². The maximum Gasteiger partial charge on any atom is 0.174 e. The molecule has 4 rings (SSSR count). The third kappa shape index (κ3) is 5.26. The Morgan fingerprint density at radius 1 is 1.18 bits per heavy atom. The Morgan fingerprint density at radius 3 is 2.40 bits per heavy atom. The third-order valence-corrected chi connectivity index (χ3v) is 8.02. The second-order valence-corrected chi connectivity index (χ2v) is 10.5. The van der Waals surface area contributed by atoms with Crippen molar-refractivity contribution in [3.05, 3.63) is 99.1 Å². The van der Waals surface area contributed by atoms with Crippen LogP contribution in [-0.2, 0) is 22.6 Å². The van der Waals surface area contributed by atoms with Crippen LogP contribution < -0.4 is 0 Å². The topological polar surface area (TPSA) is 107 Å². The molecule has 2 aromatic carbocycles. The molecule has 2 N–H and O–H groups in total. The number of aldehydes is 1. The second-order valence-electron chi connectivity index (χ2n) is 10.0. The number of carbonyl (C=O) groups is 1. The molecule has 0 saturated carbocycles. The van der Waals surface area contributed by atoms with Gasteiger partial charge < -0.3 is 14.9 Å². The largest absolute Gasteiger partial charge is 0.382 e. The lowest BCUT2D eigenvalue weighted by Gasteiger charge is -2.44. The predicted molar refractivity (Wildman–Crippen MR) is 145 cm³/mol. The molecule has 3 aromatic rings. The van der Waals surface area contributed by atoms with Gasteiger partial charge in [-0.3, -0.25) is 14.7 Å². The molecule has 2 atom stereocenters. The molecule has 2 heterocycles. The Bertz CT molecular complexity index is 1410. The maximum atomic E-state index is 16.2. The molecule has 1 aliphatic heterocycles. The minimum absolute atomic E-state index is 0.00316. The van der Waals surface area contributed by atoms with Crippen molar-refractivity contribution in [1.29, 1.82) is 5.26 Å². The van der Waals surface area contributed by atoms with Crippen LogP contribution in [0.15, 0.2) is 54.7 Å². The normalized spacial score (nSPS) is 18.0. The molecule has 0 radical (unpaired) electrons. The molecule has 10 heteroatoms. The van der Waals surface area contributed by atoms with Crippen molar-refractivity contribution in [3.8, 4) is 6.07 Å². The van der Waals surface area contributed by atoms with Crippen molar-refractivity contribution < 1.29 is 28.5 Å². The number of aliphatic hydroxyl groups is 2. The van der Waals surface area contributed by atoms with Crippen molar-refractivity contribution in [3.63, 3.8) is 0 Å². The molecule has 210 valence electrons. The fraction of sp³-hybridized carbons (Fsp3) is 0.367. The lowest BCUT2D eigenvalue weighted by Crippen LogP contribution is -2.52. The molecular formula is C30H30ClF2N3O4. The summed E-state index contributed by atoms with van der Waals surface area (Å²) in [5, 5.41) is 33.3. The molecule has 0 bridgehead atoms. The van der Waals surface area contributed by atoms with E-state index in [1.807, 2.05) is 6.07 Å². The summed E-state index contributed by atoms with van der Waals surface area (Å²) in [4.78, 5) is 18.1. The first kappa shape index (κ1) is 29.7. The summed E-state index contributed by atoms with van der Waals surface area (Å²) in [7, 11) is 1.53. The number of ether oxygens (including phenoxy) is 1. The number of hydrogen-bond acceptors (Lipinski definition) is 7. The first-order chi connectivity index (χ1) is 19.0. The van der Waals surface area contributed by atoms with E-state index >= 15 is 8.78 Å². The molecule has 40 heavy (non-hydrogen) atoms. The van der Waals surface area contributed by atoms with E-state index in [9.17, 15) is 15.0 Å². The number of aromatic nitrogens is 1. The van der Waals surface area contributed by atoms with Gasteiger partial charge in [0, 0.05) is 60.5 Å². The van der Waals surface area contributed by atoms with Crippen molar-refractivity contribution in [1.82, 2.24) is 9.88 Å². The van der Waals surface area contributed by atoms with Gasteiger partial charge in [-0.05, 0) is 55.4 Å². The van der Waals surface area contributed by atoms with E-state index in [-0.39, 0.29) is 61.3 Å². The summed E-state index contributed by atoms with van der Waals surface area (Å²) in [5.41, 5.74) is -6.10. The molecule has 0 aliphatic carbocycles. The van der Waals surface area contributed by atoms with E-state index in [1.54, 1.807) is 19.1 Å². The van der Waals surface area contributed by atoms with Gasteiger partial charge in [0.1, 0.15) is 23.2 Å². The Hall–Kier alpha value is -3.26. The summed E-state index contributed by atoms with van der Waals surface area (Å²) in [5.74, 6) is -1.00. The average molecular weight is 570 g/mol. The van der Waals surface area contributed by atoms with Crippen LogP contribution in [0.4, 0.5) is 8.78 Å². The van der Waals surface area contributed by atoms with Gasteiger partial charge in [0.25, 0.3) is 0 Å². The van der Waals surface area contributed by atoms with Crippen LogP contribution in [0.25, 0.3) is 0 Å². The van der Waals surface area contributed by atoms with Crippen LogP contribution in [-0.4, -0.2) is 52.3 Å². The Morgan fingerprint density at radius 2 is 1.85 bits per heavy atom. The number of nitrogens with zero attached hydrogens (tertiary/aromatic N) is 3. The summed E-state index contributed by atoms with van der Waals surface area (Å²) < 4.78 is 37.6. The number of carbonyl (C=O) groups excluding carboxylic acids is 1. The number of halogens is 3. The maximum absolute atomic E-state index is 16.2. The highest BCUT2D eigenvalue weighted by Gasteiger charge is 2.53. The number of benzene rings is 2. The SMILES string of the molecule is CCC(O)(c1cc(F)c([C@](O)(c2ccc(Cl)cc2)N(C)Cc2ccc(C#N)cn2)c(C=O)c1)C1(F)CCOCC1. The second kappa shape index (κ2) is 11.7. The number of pyridine rings is 1. The van der Waals surface area contributed by atoms with Gasteiger partial charge in [-0.25, -0.2) is 8.78 Å². The quantitative estimate of drug-likeness (QED) is 0.276. The highest BCUT2D eigenvalue weighted by molar-refractivity contribution is 6.30. The molecule has 0 spiro atoms. The van der Waals surface area contributed by atoms with Gasteiger partial charge in [-0.2, -0.15) is 5.26 Å². The van der Waals surface area contributed by atoms with E-state index in [4.69, 9.17) is 21.6 Å². The minimum atomic E-state index is -2.21. The molecular weight excluding hydrogens is 540 g/mol. The van der Waals surface area contributed by atoms with Gasteiger partial charge in [-0.15, -0.1) is 0 Å². The highest BCUT2D eigenvalue weighted by atomic mass is 35.5. The molecule has 1 saturated heterocycles. The molecule has 0 amide bonds. The van der Waals surface area contributed by atoms with E-state index < -0.39 is 22.8 Å². The smallest absolute Gasteiger partial charge is 0.174 e. The van der Waals surface area contributed by atoms with Gasteiger partial charge in [-0.1, -0.05) is 30.7 Å². The van der Waals surface area contributed by atoms with Crippen LogP contribution in [0, 0.1) is 17.1 Å². The standard InChI is InChI=1S/C30H30ClF2N3O4/c1-3-29(38,28(33)10-12-40-13-11-28)23-14-21(19-37)27(26(32)15-23)30(39,22-5-7-24(31)8-6-22)36(2)18-25-9-4-20(16-34)17-35-25/h4-9,14-15,17,19,38-39H,3,10-13,18H2,1-2H3/t29?,30-/m1/s1. The average Bonchev–Trinajstić information content (AvgIpc) is 2.96. The zero-order valence-electron chi connectivity index (χ0n) is 22.2. The van der Waals surface area contributed by atoms with Crippen molar-refractivity contribution in [2.45, 2.75) is 49.7 Å². The summed E-state index contributed by atoms with van der Waals surface area (Å²) in [6.07, 6.45) is 1.50. The molecule has 1 aliphatic rings. The van der Waals surface area contributed by atoms with E-state index in [2.05, 4.69) is 4.98 Å². The highest BCUT2D eigenvalue weighted by Crippen LogP contribution is 2.47.